The van der Waals surface area contributed by atoms with E-state index in [0.29, 0.717) is 10.7 Å². The van der Waals surface area contributed by atoms with E-state index < -0.39 is 29.5 Å². The Bertz CT molecular complexity index is 2090. The quantitative estimate of drug-likeness (QED) is 0.216. The van der Waals surface area contributed by atoms with E-state index in [4.69, 9.17) is 0 Å². The van der Waals surface area contributed by atoms with Crippen LogP contribution < -0.4 is 15.1 Å². The molecule has 2 bridgehead atoms. The molecule has 50 heavy (non-hydrogen) atoms. The van der Waals surface area contributed by atoms with Crippen molar-refractivity contribution in [1.82, 2.24) is 4.57 Å². The number of hydrogen-bond acceptors (Lipinski definition) is 6. The van der Waals surface area contributed by atoms with Crippen molar-refractivity contribution in [2.24, 2.45) is 29.6 Å². The number of carbonyl (C=O) groups is 3. The lowest BCUT2D eigenvalue weighted by Gasteiger charge is -2.43. The molecule has 3 amide bonds. The normalized spacial score (nSPS) is 26.9. The van der Waals surface area contributed by atoms with Gasteiger partial charge in [-0.05, 0) is 71.0 Å². The van der Waals surface area contributed by atoms with Gasteiger partial charge in [-0.1, -0.05) is 80.6 Å². The minimum Gasteiger partial charge on any atom is -0.325 e. The van der Waals surface area contributed by atoms with Gasteiger partial charge in [0.1, 0.15) is 6.54 Å². The Kier molecular flexibility index (Phi) is 7.72. The van der Waals surface area contributed by atoms with Crippen LogP contribution in [0.5, 0.6) is 0 Å². The zero-order valence-electron chi connectivity index (χ0n) is 27.4. The van der Waals surface area contributed by atoms with Crippen molar-refractivity contribution >= 4 is 52.2 Å². The molecule has 2 aliphatic carbocycles. The lowest BCUT2D eigenvalue weighted by molar-refractivity contribution is -0.137. The first-order valence-corrected chi connectivity index (χ1v) is 18.3. The van der Waals surface area contributed by atoms with Crippen molar-refractivity contribution in [3.8, 4) is 0 Å². The van der Waals surface area contributed by atoms with Gasteiger partial charge in [0, 0.05) is 21.7 Å². The van der Waals surface area contributed by atoms with E-state index in [1.54, 1.807) is 12.1 Å². The van der Waals surface area contributed by atoms with Gasteiger partial charge in [0.15, 0.2) is 0 Å². The molecule has 3 heterocycles. The second kappa shape index (κ2) is 11.7. The van der Waals surface area contributed by atoms with Crippen LogP contribution in [0.25, 0.3) is 0 Å². The first-order chi connectivity index (χ1) is 23.7. The molecule has 1 saturated heterocycles. The van der Waals surface area contributed by atoms with Crippen molar-refractivity contribution < 1.29 is 27.6 Å². The Hall–Kier alpha value is -4.16. The van der Waals surface area contributed by atoms with Gasteiger partial charge in [0.2, 0.25) is 17.7 Å². The molecular formula is C38H34F3N3O4S2. The molecule has 7 atom stereocenters. The highest BCUT2D eigenvalue weighted by Gasteiger charge is 2.69. The highest BCUT2D eigenvalue weighted by molar-refractivity contribution is 8.00. The van der Waals surface area contributed by atoms with Crippen LogP contribution in [-0.4, -0.2) is 27.5 Å². The van der Waals surface area contributed by atoms with E-state index >= 15 is 0 Å². The van der Waals surface area contributed by atoms with Crippen LogP contribution in [0.15, 0.2) is 88.7 Å². The summed E-state index contributed by atoms with van der Waals surface area (Å²) >= 11 is 2.59. The second-order valence-electron chi connectivity index (χ2n) is 14.7. The van der Waals surface area contributed by atoms with E-state index in [-0.39, 0.29) is 63.3 Å². The highest BCUT2D eigenvalue weighted by atomic mass is 32.2. The smallest absolute Gasteiger partial charge is 0.325 e. The monoisotopic (exact) mass is 717 g/mol. The number of alkyl halides is 3. The molecule has 12 heteroatoms. The summed E-state index contributed by atoms with van der Waals surface area (Å²) in [7, 11) is 0. The molecule has 3 aromatic carbocycles. The molecule has 1 N–H and O–H groups in total. The summed E-state index contributed by atoms with van der Waals surface area (Å²) in [6.07, 6.45) is -3.84. The number of aromatic nitrogens is 1. The van der Waals surface area contributed by atoms with Crippen molar-refractivity contribution in [3.63, 3.8) is 0 Å². The molecule has 2 saturated carbocycles. The highest BCUT2D eigenvalue weighted by Crippen LogP contribution is 2.69. The number of thiazole rings is 1. The number of anilines is 2. The number of rotatable bonds is 5. The Morgan fingerprint density at radius 1 is 0.860 bits per heavy atom. The summed E-state index contributed by atoms with van der Waals surface area (Å²) in [5, 5.41) is 3.10. The molecule has 4 aromatic rings. The average molecular weight is 718 g/mol. The third-order valence-corrected chi connectivity index (χ3v) is 13.7. The third-order valence-electron chi connectivity index (χ3n) is 10.9. The van der Waals surface area contributed by atoms with Crippen LogP contribution in [0.4, 0.5) is 24.5 Å². The third kappa shape index (κ3) is 5.25. The number of nitrogens with one attached hydrogen (secondary N) is 1. The maximum atomic E-state index is 14.1. The van der Waals surface area contributed by atoms with Crippen LogP contribution in [0.2, 0.25) is 0 Å². The van der Waals surface area contributed by atoms with Crippen molar-refractivity contribution in [1.29, 1.82) is 0 Å². The van der Waals surface area contributed by atoms with Gasteiger partial charge in [0.05, 0.1) is 28.1 Å². The molecule has 7 nitrogen and oxygen atoms in total. The molecule has 3 fully saturated rings. The van der Waals surface area contributed by atoms with Crippen LogP contribution in [0, 0.1) is 29.6 Å². The average Bonchev–Trinajstić information content (AvgIpc) is 3.79. The zero-order chi connectivity index (χ0) is 35.3. The second-order valence-corrected chi connectivity index (χ2v) is 16.9. The summed E-state index contributed by atoms with van der Waals surface area (Å²) < 4.78 is 41.4. The van der Waals surface area contributed by atoms with E-state index in [1.807, 2.05) is 18.2 Å². The van der Waals surface area contributed by atoms with Gasteiger partial charge in [-0.25, -0.2) is 0 Å². The number of hydrogen-bond donors (Lipinski definition) is 1. The molecule has 8 rings (SSSR count). The molecule has 2 aliphatic heterocycles. The fourth-order valence-corrected chi connectivity index (χ4v) is 11.9. The van der Waals surface area contributed by atoms with Crippen LogP contribution in [0.1, 0.15) is 54.7 Å². The fourth-order valence-electron chi connectivity index (χ4n) is 8.77. The van der Waals surface area contributed by atoms with Gasteiger partial charge in [-0.15, -0.1) is 11.8 Å². The van der Waals surface area contributed by atoms with Gasteiger partial charge in [-0.2, -0.15) is 13.2 Å². The first kappa shape index (κ1) is 33.0. The number of benzene rings is 3. The van der Waals surface area contributed by atoms with Crippen molar-refractivity contribution in [3.05, 3.63) is 110 Å². The molecule has 4 aliphatic rings. The minimum atomic E-state index is -4.57. The minimum absolute atomic E-state index is 0.0157. The Morgan fingerprint density at radius 3 is 2.20 bits per heavy atom. The van der Waals surface area contributed by atoms with Crippen LogP contribution in [-0.2, 0) is 32.5 Å². The maximum absolute atomic E-state index is 14.1. The zero-order valence-corrected chi connectivity index (χ0v) is 29.1. The van der Waals surface area contributed by atoms with Crippen LogP contribution in [0.3, 0.4) is 0 Å². The number of imide groups is 1. The predicted octanol–water partition coefficient (Wildman–Crippen LogP) is 7.54. The molecule has 1 aromatic heterocycles. The van der Waals surface area contributed by atoms with E-state index in [9.17, 15) is 32.3 Å². The summed E-state index contributed by atoms with van der Waals surface area (Å²) in [5.41, 5.74) is 1.76. The number of halogens is 3. The standard InChI is InChI=1S/C38H34F3N3O4S2/c1-37(2,3)20-14-12-19(13-15-20)27-28-24-17-25(30-29(24)33(46)44(34(30)47)23-10-5-4-6-11-23)31(28)49-35-32(27)50-36(48)43(35)18-26(45)42-22-9-7-8-21(16-22)38(39,40)41/h4-16,24-25,27-31H,17-18H2,1-3H3,(H,42,45). The first-order valence-electron chi connectivity index (χ1n) is 16.6. The van der Waals surface area contributed by atoms with E-state index in [2.05, 4.69) is 50.4 Å². The van der Waals surface area contributed by atoms with Gasteiger partial charge in [-0.3, -0.25) is 28.6 Å². The van der Waals surface area contributed by atoms with Crippen LogP contribution >= 0.6 is 23.1 Å². The number of para-hydroxylation sites is 1. The summed E-state index contributed by atoms with van der Waals surface area (Å²) in [6.45, 7) is 6.04. The Balaban J connectivity index is 1.17. The number of carbonyl (C=O) groups excluding carboxylic acids is 3. The number of nitrogens with zero attached hydrogens (tertiary/aromatic N) is 2. The number of thioether (sulfide) groups is 1. The largest absolute Gasteiger partial charge is 0.416 e. The lowest BCUT2D eigenvalue weighted by atomic mass is 9.68. The van der Waals surface area contributed by atoms with Gasteiger partial charge >= 0.3 is 11.0 Å². The summed E-state index contributed by atoms with van der Waals surface area (Å²) in [4.78, 5) is 56.8. The van der Waals surface area contributed by atoms with Gasteiger partial charge in [0.25, 0.3) is 0 Å². The number of amides is 3. The van der Waals surface area contributed by atoms with Crippen molar-refractivity contribution in [2.75, 3.05) is 10.2 Å². The maximum Gasteiger partial charge on any atom is 0.416 e. The van der Waals surface area contributed by atoms with E-state index in [0.717, 1.165) is 45.9 Å². The molecule has 0 radical (unpaired) electrons. The lowest BCUT2D eigenvalue weighted by Crippen LogP contribution is -2.43. The predicted molar refractivity (Wildman–Crippen MR) is 186 cm³/mol. The fraction of sp³-hybridized carbons (Fsp3) is 0.368. The summed E-state index contributed by atoms with van der Waals surface area (Å²) in [6, 6.07) is 21.8. The van der Waals surface area contributed by atoms with Crippen molar-refractivity contribution in [2.45, 2.75) is 61.5 Å². The molecule has 7 unspecified atom stereocenters. The Morgan fingerprint density at radius 2 is 1.54 bits per heavy atom. The summed E-state index contributed by atoms with van der Waals surface area (Å²) in [5.74, 6) is -2.29. The SMILES string of the molecule is CC(C)(C)c1ccc(C2c3sc(=O)n(CC(=O)Nc4cccc(C(F)(F)F)c4)c3SC3C4CC(C5C(=O)N(c6ccccc6)C(=O)C45)C23)cc1. The van der Waals surface area contributed by atoms with Gasteiger partial charge < -0.3 is 5.32 Å². The topological polar surface area (TPSA) is 88.5 Å². The Labute approximate surface area is 294 Å². The number of fused-ring (bicyclic) bond motifs is 9. The van der Waals surface area contributed by atoms with E-state index in [1.165, 1.54) is 33.4 Å². The molecule has 258 valence electrons. The molecule has 0 spiro atoms. The molecular weight excluding hydrogens is 684 g/mol.